The molecule has 0 spiro atoms. The van der Waals surface area contributed by atoms with Gasteiger partial charge in [-0.05, 0) is 51.3 Å². The van der Waals surface area contributed by atoms with E-state index in [-0.39, 0.29) is 16.9 Å². The van der Waals surface area contributed by atoms with E-state index in [9.17, 15) is 0 Å². The lowest BCUT2D eigenvalue weighted by Gasteiger charge is -2.25. The van der Waals surface area contributed by atoms with E-state index in [1.807, 2.05) is 0 Å². The highest BCUT2D eigenvalue weighted by Gasteiger charge is 2.28. The summed E-state index contributed by atoms with van der Waals surface area (Å²) >= 11 is 0. The monoisotopic (exact) mass is 436 g/mol. The van der Waals surface area contributed by atoms with Gasteiger partial charge in [-0.1, -0.05) is 114 Å². The smallest absolute Gasteiger partial charge is 0.0831 e. The molecule has 2 heteroatoms. The molecule has 0 aromatic heterocycles. The van der Waals surface area contributed by atoms with Gasteiger partial charge in [0.2, 0.25) is 0 Å². The molecule has 0 N–H and O–H groups in total. The van der Waals surface area contributed by atoms with Crippen LogP contribution in [-0.2, 0) is 10.8 Å². The van der Waals surface area contributed by atoms with Crippen molar-refractivity contribution in [1.82, 2.24) is 0 Å². The number of nitrogens with zero attached hydrogens (tertiary/aromatic N) is 2. The van der Waals surface area contributed by atoms with Gasteiger partial charge in [-0.15, -0.1) is 0 Å². The Morgan fingerprint density at radius 3 is 1.79 bits per heavy atom. The highest BCUT2D eigenvalue weighted by atomic mass is 15.5. The summed E-state index contributed by atoms with van der Waals surface area (Å²) in [5.74, 6) is 0. The molecular weight excluding hydrogens is 400 g/mol. The van der Waals surface area contributed by atoms with Gasteiger partial charge in [0.25, 0.3) is 0 Å². The van der Waals surface area contributed by atoms with Gasteiger partial charge in [-0.25, -0.2) is 0 Å². The van der Waals surface area contributed by atoms with Gasteiger partial charge in [0.15, 0.2) is 0 Å². The number of para-hydroxylation sites is 1. The zero-order valence-corrected chi connectivity index (χ0v) is 20.8. The van der Waals surface area contributed by atoms with Gasteiger partial charge in [-0.2, -0.15) is 5.10 Å². The maximum absolute atomic E-state index is 5.02. The van der Waals surface area contributed by atoms with Crippen molar-refractivity contribution >= 4 is 17.5 Å². The van der Waals surface area contributed by atoms with Gasteiger partial charge >= 0.3 is 0 Å². The molecule has 1 unspecified atom stereocenters. The van der Waals surface area contributed by atoms with Crippen LogP contribution in [0.2, 0.25) is 0 Å². The normalized spacial score (nSPS) is 17.0. The number of hydrazone groups is 1. The molecule has 0 amide bonds. The average Bonchev–Trinajstić information content (AvgIpc) is 3.22. The van der Waals surface area contributed by atoms with Crippen molar-refractivity contribution in [3.8, 4) is 0 Å². The number of rotatable bonds is 4. The fourth-order valence-corrected chi connectivity index (χ4v) is 4.20. The molecule has 3 aromatic rings. The van der Waals surface area contributed by atoms with Crippen molar-refractivity contribution in [3.63, 3.8) is 0 Å². The second-order valence-corrected chi connectivity index (χ2v) is 11.1. The van der Waals surface area contributed by atoms with E-state index in [2.05, 4.69) is 138 Å². The van der Waals surface area contributed by atoms with Gasteiger partial charge in [0.1, 0.15) is 0 Å². The summed E-state index contributed by atoms with van der Waals surface area (Å²) in [5.41, 5.74) is 7.76. The molecule has 0 fully saturated rings. The Morgan fingerprint density at radius 1 is 0.697 bits per heavy atom. The molecule has 1 aliphatic heterocycles. The van der Waals surface area contributed by atoms with E-state index in [0.29, 0.717) is 0 Å². The largest absolute Gasteiger partial charge is 0.257 e. The maximum atomic E-state index is 5.02. The fourth-order valence-electron chi connectivity index (χ4n) is 4.20. The summed E-state index contributed by atoms with van der Waals surface area (Å²) in [6.07, 6.45) is 5.24. The molecule has 4 rings (SSSR count). The van der Waals surface area contributed by atoms with Crippen molar-refractivity contribution in [1.29, 1.82) is 0 Å². The average molecular weight is 437 g/mol. The Morgan fingerprint density at radius 2 is 1.24 bits per heavy atom. The SMILES string of the molecule is CC(C)(C)c1ccc(C=CC2=NN(c3ccccc3)C(c3ccc(C(C)(C)C)cc3)C2)cc1. The first-order valence-electron chi connectivity index (χ1n) is 11.9. The first kappa shape index (κ1) is 23.0. The van der Waals surface area contributed by atoms with Crippen LogP contribution in [0.1, 0.15) is 76.3 Å². The summed E-state index contributed by atoms with van der Waals surface area (Å²) in [6.45, 7) is 13.5. The minimum atomic E-state index is 0.153. The van der Waals surface area contributed by atoms with E-state index in [1.54, 1.807) is 0 Å². The molecule has 1 aliphatic rings. The van der Waals surface area contributed by atoms with Crippen LogP contribution in [0.15, 0.2) is 90.0 Å². The third-order valence-corrected chi connectivity index (χ3v) is 6.36. The van der Waals surface area contributed by atoms with Crippen LogP contribution >= 0.6 is 0 Å². The van der Waals surface area contributed by atoms with Gasteiger partial charge < -0.3 is 0 Å². The van der Waals surface area contributed by atoms with Crippen LogP contribution in [0.3, 0.4) is 0 Å². The van der Waals surface area contributed by atoms with Crippen molar-refractivity contribution in [2.24, 2.45) is 5.10 Å². The zero-order valence-electron chi connectivity index (χ0n) is 20.8. The second-order valence-electron chi connectivity index (χ2n) is 11.1. The Hall–Kier alpha value is -3.13. The van der Waals surface area contributed by atoms with Crippen LogP contribution in [0.4, 0.5) is 5.69 Å². The topological polar surface area (TPSA) is 15.6 Å². The van der Waals surface area contributed by atoms with E-state index in [1.165, 1.54) is 22.3 Å². The summed E-state index contributed by atoms with van der Waals surface area (Å²) in [7, 11) is 0. The molecule has 0 aliphatic carbocycles. The van der Waals surface area contributed by atoms with E-state index in [4.69, 9.17) is 5.10 Å². The zero-order chi connectivity index (χ0) is 23.6. The third-order valence-electron chi connectivity index (χ3n) is 6.36. The molecule has 170 valence electrons. The molecule has 0 saturated carbocycles. The van der Waals surface area contributed by atoms with Gasteiger partial charge in [0.05, 0.1) is 17.4 Å². The summed E-state index contributed by atoms with van der Waals surface area (Å²) in [4.78, 5) is 0. The first-order chi connectivity index (χ1) is 15.6. The molecule has 2 nitrogen and oxygen atoms in total. The van der Waals surface area contributed by atoms with Crippen LogP contribution in [-0.4, -0.2) is 5.71 Å². The van der Waals surface area contributed by atoms with Crippen LogP contribution in [0.25, 0.3) is 6.08 Å². The van der Waals surface area contributed by atoms with E-state index < -0.39 is 0 Å². The number of anilines is 1. The lowest BCUT2D eigenvalue weighted by Crippen LogP contribution is -2.19. The Kier molecular flexibility index (Phi) is 6.30. The Balaban J connectivity index is 1.59. The van der Waals surface area contributed by atoms with E-state index >= 15 is 0 Å². The van der Waals surface area contributed by atoms with Crippen molar-refractivity contribution in [3.05, 3.63) is 107 Å². The Labute approximate surface area is 199 Å². The molecule has 1 heterocycles. The minimum absolute atomic E-state index is 0.153. The predicted molar refractivity (Wildman–Crippen MR) is 143 cm³/mol. The van der Waals surface area contributed by atoms with Crippen molar-refractivity contribution in [2.75, 3.05) is 5.01 Å². The fraction of sp³-hybridized carbons (Fsp3) is 0.323. The van der Waals surface area contributed by atoms with Crippen LogP contribution in [0.5, 0.6) is 0 Å². The quantitative estimate of drug-likeness (QED) is 0.401. The molecule has 3 aromatic carbocycles. The standard InChI is InChI=1S/C31H36N2/c1-30(2,3)25-17-12-23(13-18-25)14-21-27-22-29(33(32-27)28-10-8-7-9-11-28)24-15-19-26(20-16-24)31(4,5)6/h7-21,29H,22H2,1-6H3. The highest BCUT2D eigenvalue weighted by Crippen LogP contribution is 2.36. The highest BCUT2D eigenvalue weighted by molar-refractivity contribution is 6.01. The minimum Gasteiger partial charge on any atom is -0.257 e. The Bertz CT molecular complexity index is 1120. The molecule has 1 atom stereocenters. The lowest BCUT2D eigenvalue weighted by molar-refractivity contribution is 0.589. The summed E-state index contributed by atoms with van der Waals surface area (Å²) in [5, 5.41) is 7.20. The maximum Gasteiger partial charge on any atom is 0.0831 e. The molecular formula is C31H36N2. The first-order valence-corrected chi connectivity index (χ1v) is 11.9. The molecule has 33 heavy (non-hydrogen) atoms. The number of benzene rings is 3. The van der Waals surface area contributed by atoms with Crippen LogP contribution in [0, 0.1) is 0 Å². The number of hydrogen-bond acceptors (Lipinski definition) is 2. The molecule has 0 bridgehead atoms. The molecule has 0 radical (unpaired) electrons. The van der Waals surface area contributed by atoms with Crippen molar-refractivity contribution in [2.45, 2.75) is 64.8 Å². The lowest BCUT2D eigenvalue weighted by atomic mass is 9.86. The number of hydrogen-bond donors (Lipinski definition) is 0. The summed E-state index contributed by atoms with van der Waals surface area (Å²) in [6, 6.07) is 28.6. The second kappa shape index (κ2) is 9.02. The number of allylic oxidation sites excluding steroid dienone is 1. The van der Waals surface area contributed by atoms with Gasteiger partial charge in [0, 0.05) is 6.42 Å². The molecule has 0 saturated heterocycles. The van der Waals surface area contributed by atoms with E-state index in [0.717, 1.165) is 17.8 Å². The van der Waals surface area contributed by atoms with Gasteiger partial charge in [-0.3, -0.25) is 5.01 Å². The summed E-state index contributed by atoms with van der Waals surface area (Å²) < 4.78 is 0. The van der Waals surface area contributed by atoms with Crippen LogP contribution < -0.4 is 5.01 Å². The predicted octanol–water partition coefficient (Wildman–Crippen LogP) is 8.30. The van der Waals surface area contributed by atoms with Crippen molar-refractivity contribution < 1.29 is 0 Å². The third kappa shape index (κ3) is 5.45.